The highest BCUT2D eigenvalue weighted by molar-refractivity contribution is 5.87. The maximum Gasteiger partial charge on any atom is 0.145 e. The summed E-state index contributed by atoms with van der Waals surface area (Å²) in [5, 5.41) is 1.15. The van der Waals surface area contributed by atoms with Crippen LogP contribution >= 0.6 is 0 Å². The Morgan fingerprint density at radius 3 is 2.59 bits per heavy atom. The minimum Gasteiger partial charge on any atom is -0.353 e. The first-order valence-electron chi connectivity index (χ1n) is 5.95. The summed E-state index contributed by atoms with van der Waals surface area (Å²) < 4.78 is 2.04. The largest absolute Gasteiger partial charge is 0.353 e. The van der Waals surface area contributed by atoms with E-state index in [9.17, 15) is 0 Å². The van der Waals surface area contributed by atoms with Crippen LogP contribution in [0, 0.1) is 0 Å². The van der Waals surface area contributed by atoms with Gasteiger partial charge in [-0.05, 0) is 13.1 Å². The molecule has 3 rings (SSSR count). The molecule has 0 unspecified atom stereocenters. The van der Waals surface area contributed by atoms with Crippen molar-refractivity contribution in [3.05, 3.63) is 18.6 Å². The number of aromatic nitrogens is 3. The molecule has 5 heteroatoms. The van der Waals surface area contributed by atoms with Crippen molar-refractivity contribution in [3.8, 4) is 0 Å². The molecular formula is C12H17N5. The minimum absolute atomic E-state index is 1.01. The fourth-order valence-electron chi connectivity index (χ4n) is 2.33. The Hall–Kier alpha value is -1.62. The van der Waals surface area contributed by atoms with Crippen LogP contribution in [-0.2, 0) is 7.05 Å². The molecular weight excluding hydrogens is 214 g/mol. The third-order valence-corrected chi connectivity index (χ3v) is 3.44. The average Bonchev–Trinajstić information content (AvgIpc) is 2.73. The van der Waals surface area contributed by atoms with Crippen molar-refractivity contribution in [3.63, 3.8) is 0 Å². The molecule has 1 fully saturated rings. The van der Waals surface area contributed by atoms with Gasteiger partial charge in [-0.3, -0.25) is 0 Å². The van der Waals surface area contributed by atoms with Gasteiger partial charge in [0.2, 0.25) is 0 Å². The number of hydrogen-bond acceptors (Lipinski definition) is 4. The van der Waals surface area contributed by atoms with Crippen molar-refractivity contribution in [1.29, 1.82) is 0 Å². The lowest BCUT2D eigenvalue weighted by Crippen LogP contribution is -2.44. The summed E-state index contributed by atoms with van der Waals surface area (Å²) in [7, 11) is 4.18. The van der Waals surface area contributed by atoms with Gasteiger partial charge in [0, 0.05) is 39.4 Å². The van der Waals surface area contributed by atoms with Crippen LogP contribution < -0.4 is 4.90 Å². The molecule has 0 radical (unpaired) electrons. The summed E-state index contributed by atoms with van der Waals surface area (Å²) >= 11 is 0. The number of piperazine rings is 1. The minimum atomic E-state index is 1.01. The van der Waals surface area contributed by atoms with Gasteiger partial charge in [0.05, 0.1) is 5.39 Å². The summed E-state index contributed by atoms with van der Waals surface area (Å²) in [6.45, 7) is 4.27. The molecule has 0 N–H and O–H groups in total. The normalized spacial score (nSPS) is 17.9. The Balaban J connectivity index is 2.00. The SMILES string of the molecule is CN1CCN(c2ncnc3c2ccn3C)CC1. The van der Waals surface area contributed by atoms with Gasteiger partial charge in [-0.15, -0.1) is 0 Å². The smallest absolute Gasteiger partial charge is 0.145 e. The topological polar surface area (TPSA) is 37.2 Å². The lowest BCUT2D eigenvalue weighted by Gasteiger charge is -2.33. The number of rotatable bonds is 1. The second-order valence-corrected chi connectivity index (χ2v) is 4.65. The molecule has 3 heterocycles. The Morgan fingerprint density at radius 1 is 1.06 bits per heavy atom. The molecule has 90 valence electrons. The molecule has 2 aromatic heterocycles. The van der Waals surface area contributed by atoms with E-state index in [0.717, 1.165) is 43.0 Å². The van der Waals surface area contributed by atoms with E-state index < -0.39 is 0 Å². The van der Waals surface area contributed by atoms with Crippen molar-refractivity contribution < 1.29 is 0 Å². The van der Waals surface area contributed by atoms with Crippen LogP contribution in [0.25, 0.3) is 11.0 Å². The Kier molecular flexibility index (Phi) is 2.48. The zero-order valence-corrected chi connectivity index (χ0v) is 10.3. The van der Waals surface area contributed by atoms with Gasteiger partial charge in [0.25, 0.3) is 0 Å². The number of anilines is 1. The van der Waals surface area contributed by atoms with Gasteiger partial charge in [0.1, 0.15) is 17.8 Å². The van der Waals surface area contributed by atoms with Gasteiger partial charge in [-0.1, -0.05) is 0 Å². The van der Waals surface area contributed by atoms with Crippen LogP contribution in [0.1, 0.15) is 0 Å². The molecule has 17 heavy (non-hydrogen) atoms. The molecule has 0 aliphatic carbocycles. The monoisotopic (exact) mass is 231 g/mol. The van der Waals surface area contributed by atoms with E-state index in [1.54, 1.807) is 6.33 Å². The molecule has 0 aromatic carbocycles. The predicted octanol–water partition coefficient (Wildman–Crippen LogP) is 0.720. The van der Waals surface area contributed by atoms with Gasteiger partial charge in [-0.2, -0.15) is 0 Å². The highest BCUT2D eigenvalue weighted by Crippen LogP contribution is 2.23. The van der Waals surface area contributed by atoms with E-state index in [2.05, 4.69) is 32.9 Å². The molecule has 0 saturated carbocycles. The van der Waals surface area contributed by atoms with Crippen molar-refractivity contribution in [2.24, 2.45) is 7.05 Å². The molecule has 0 amide bonds. The molecule has 1 aliphatic heterocycles. The number of aryl methyl sites for hydroxylation is 1. The fraction of sp³-hybridized carbons (Fsp3) is 0.500. The van der Waals surface area contributed by atoms with Crippen LogP contribution in [-0.4, -0.2) is 52.7 Å². The van der Waals surface area contributed by atoms with Crippen molar-refractivity contribution in [2.75, 3.05) is 38.1 Å². The van der Waals surface area contributed by atoms with Gasteiger partial charge >= 0.3 is 0 Å². The van der Waals surface area contributed by atoms with E-state index in [1.165, 1.54) is 0 Å². The van der Waals surface area contributed by atoms with Crippen molar-refractivity contribution >= 4 is 16.9 Å². The number of nitrogens with zero attached hydrogens (tertiary/aromatic N) is 5. The summed E-state index contributed by atoms with van der Waals surface area (Å²) in [4.78, 5) is 13.5. The summed E-state index contributed by atoms with van der Waals surface area (Å²) in [6, 6.07) is 2.10. The van der Waals surface area contributed by atoms with Crippen molar-refractivity contribution in [2.45, 2.75) is 0 Å². The first-order valence-corrected chi connectivity index (χ1v) is 5.95. The van der Waals surface area contributed by atoms with Crippen LogP contribution in [0.5, 0.6) is 0 Å². The Labute approximate surface area is 101 Å². The first-order chi connectivity index (χ1) is 8.25. The van der Waals surface area contributed by atoms with Crippen LogP contribution in [0.4, 0.5) is 5.82 Å². The molecule has 1 aliphatic rings. The maximum absolute atomic E-state index is 4.45. The number of hydrogen-bond donors (Lipinski definition) is 0. The summed E-state index contributed by atoms with van der Waals surface area (Å²) in [5.74, 6) is 1.07. The lowest BCUT2D eigenvalue weighted by atomic mass is 10.3. The summed E-state index contributed by atoms with van der Waals surface area (Å²) in [6.07, 6.45) is 3.70. The Bertz CT molecular complexity index is 525. The zero-order chi connectivity index (χ0) is 11.8. The van der Waals surface area contributed by atoms with E-state index in [1.807, 2.05) is 17.8 Å². The van der Waals surface area contributed by atoms with E-state index >= 15 is 0 Å². The third-order valence-electron chi connectivity index (χ3n) is 3.44. The first kappa shape index (κ1) is 10.5. The summed E-state index contributed by atoms with van der Waals surface area (Å²) in [5.41, 5.74) is 1.01. The van der Waals surface area contributed by atoms with Gasteiger partial charge in [-0.25, -0.2) is 9.97 Å². The van der Waals surface area contributed by atoms with Crippen LogP contribution in [0.15, 0.2) is 18.6 Å². The van der Waals surface area contributed by atoms with Crippen molar-refractivity contribution in [1.82, 2.24) is 19.4 Å². The van der Waals surface area contributed by atoms with Gasteiger partial charge in [0.15, 0.2) is 0 Å². The van der Waals surface area contributed by atoms with E-state index in [-0.39, 0.29) is 0 Å². The average molecular weight is 231 g/mol. The molecule has 1 saturated heterocycles. The van der Waals surface area contributed by atoms with E-state index in [0.29, 0.717) is 0 Å². The van der Waals surface area contributed by atoms with Crippen LogP contribution in [0.3, 0.4) is 0 Å². The highest BCUT2D eigenvalue weighted by atomic mass is 15.3. The lowest BCUT2D eigenvalue weighted by molar-refractivity contribution is 0.312. The number of likely N-dealkylation sites (N-methyl/N-ethyl adjacent to an activating group) is 1. The van der Waals surface area contributed by atoms with Gasteiger partial charge < -0.3 is 14.4 Å². The quantitative estimate of drug-likeness (QED) is 0.725. The highest BCUT2D eigenvalue weighted by Gasteiger charge is 2.18. The third kappa shape index (κ3) is 1.76. The maximum atomic E-state index is 4.45. The molecule has 5 nitrogen and oxygen atoms in total. The molecule has 0 atom stereocenters. The molecule has 2 aromatic rings. The Morgan fingerprint density at radius 2 is 1.82 bits per heavy atom. The second-order valence-electron chi connectivity index (χ2n) is 4.65. The fourth-order valence-corrected chi connectivity index (χ4v) is 2.33. The standard InChI is InChI=1S/C12H17N5/c1-15-5-7-17(8-6-15)12-10-3-4-16(2)11(10)13-9-14-12/h3-4,9H,5-8H2,1-2H3. The number of fused-ring (bicyclic) bond motifs is 1. The second kappa shape index (κ2) is 4.00. The predicted molar refractivity (Wildman–Crippen MR) is 68.2 cm³/mol. The molecule has 0 bridgehead atoms. The zero-order valence-electron chi connectivity index (χ0n) is 10.3. The molecule has 0 spiro atoms. The van der Waals surface area contributed by atoms with Crippen LogP contribution in [0.2, 0.25) is 0 Å². The van der Waals surface area contributed by atoms with E-state index in [4.69, 9.17) is 0 Å².